The Morgan fingerprint density at radius 2 is 1.95 bits per heavy atom. The summed E-state index contributed by atoms with van der Waals surface area (Å²) in [6, 6.07) is 2.78. The van der Waals surface area contributed by atoms with Gasteiger partial charge in [0.25, 0.3) is 0 Å². The third kappa shape index (κ3) is 3.04. The van der Waals surface area contributed by atoms with Gasteiger partial charge < -0.3 is 0 Å². The monoisotopic (exact) mass is 328 g/mol. The summed E-state index contributed by atoms with van der Waals surface area (Å²) in [6.45, 7) is 7.06. The minimum absolute atomic E-state index is 0.308. The molecule has 4 nitrogen and oxygen atoms in total. The van der Waals surface area contributed by atoms with Gasteiger partial charge in [-0.1, -0.05) is 0 Å². The Labute approximate surface area is 131 Å². The Hall–Kier alpha value is -0.430. The van der Waals surface area contributed by atoms with E-state index in [-0.39, 0.29) is 5.25 Å². The molecular formula is C15H24N2O2S2. The standard InChI is InChI=1S/C15H24N2O2S2/c1-12(2)21(18,19)17-8-3-14(4-9-17)16-7-5-15-13(11-16)6-10-20-15/h6,10,12,14H,3-5,7-9,11H2,1-2H3. The Kier molecular flexibility index (Phi) is 4.41. The molecule has 0 amide bonds. The van der Waals surface area contributed by atoms with Crippen molar-refractivity contribution < 1.29 is 8.42 Å². The number of thiophene rings is 1. The van der Waals surface area contributed by atoms with Crippen LogP contribution in [0.1, 0.15) is 37.1 Å². The molecular weight excluding hydrogens is 304 g/mol. The summed E-state index contributed by atoms with van der Waals surface area (Å²) in [4.78, 5) is 4.08. The number of piperidine rings is 1. The minimum Gasteiger partial charge on any atom is -0.296 e. The van der Waals surface area contributed by atoms with E-state index in [0.717, 1.165) is 32.4 Å². The third-order valence-electron chi connectivity index (χ3n) is 4.73. The number of hydrogen-bond acceptors (Lipinski definition) is 4. The molecule has 2 aliphatic heterocycles. The van der Waals surface area contributed by atoms with Crippen LogP contribution in [0.4, 0.5) is 0 Å². The van der Waals surface area contributed by atoms with Gasteiger partial charge in [0.1, 0.15) is 0 Å². The number of sulfonamides is 1. The van der Waals surface area contributed by atoms with Crippen molar-refractivity contribution in [2.45, 2.75) is 50.9 Å². The van der Waals surface area contributed by atoms with Gasteiger partial charge in [-0.15, -0.1) is 11.3 Å². The highest BCUT2D eigenvalue weighted by atomic mass is 32.2. The van der Waals surface area contributed by atoms with Crippen LogP contribution in [0.25, 0.3) is 0 Å². The van der Waals surface area contributed by atoms with Crippen molar-refractivity contribution in [2.24, 2.45) is 0 Å². The van der Waals surface area contributed by atoms with Crippen LogP contribution in [0.2, 0.25) is 0 Å². The van der Waals surface area contributed by atoms with Crippen molar-refractivity contribution in [2.75, 3.05) is 19.6 Å². The fourth-order valence-corrected chi connectivity index (χ4v) is 5.55. The van der Waals surface area contributed by atoms with E-state index >= 15 is 0 Å². The van der Waals surface area contributed by atoms with Crippen molar-refractivity contribution in [3.63, 3.8) is 0 Å². The number of fused-ring (bicyclic) bond motifs is 1. The van der Waals surface area contributed by atoms with Gasteiger partial charge in [0.2, 0.25) is 10.0 Å². The topological polar surface area (TPSA) is 40.6 Å². The average Bonchev–Trinajstić information content (AvgIpc) is 2.94. The highest BCUT2D eigenvalue weighted by Crippen LogP contribution is 2.28. The van der Waals surface area contributed by atoms with Gasteiger partial charge in [-0.2, -0.15) is 0 Å². The molecule has 0 atom stereocenters. The average molecular weight is 329 g/mol. The van der Waals surface area contributed by atoms with Gasteiger partial charge in [-0.05, 0) is 50.1 Å². The van der Waals surface area contributed by atoms with Crippen LogP contribution in [0, 0.1) is 0 Å². The molecule has 0 bridgehead atoms. The molecule has 1 aromatic rings. The maximum Gasteiger partial charge on any atom is 0.216 e. The molecule has 1 aromatic heterocycles. The van der Waals surface area contributed by atoms with E-state index in [1.54, 1.807) is 18.2 Å². The molecule has 21 heavy (non-hydrogen) atoms. The third-order valence-corrected chi connectivity index (χ3v) is 8.03. The number of hydrogen-bond donors (Lipinski definition) is 0. The van der Waals surface area contributed by atoms with E-state index in [1.807, 2.05) is 11.3 Å². The molecule has 2 aliphatic rings. The highest BCUT2D eigenvalue weighted by Gasteiger charge is 2.33. The summed E-state index contributed by atoms with van der Waals surface area (Å²) < 4.78 is 26.1. The SMILES string of the molecule is CC(C)S(=O)(=O)N1CCC(N2CCc3sccc3C2)CC1. The molecule has 6 heteroatoms. The van der Waals surface area contributed by atoms with E-state index in [1.165, 1.54) is 10.4 Å². The Morgan fingerprint density at radius 3 is 2.62 bits per heavy atom. The number of nitrogens with zero attached hydrogens (tertiary/aromatic N) is 2. The summed E-state index contributed by atoms with van der Waals surface area (Å²) >= 11 is 1.87. The zero-order chi connectivity index (χ0) is 15.0. The van der Waals surface area contributed by atoms with Crippen LogP contribution >= 0.6 is 11.3 Å². The first-order valence-electron chi connectivity index (χ1n) is 7.76. The van der Waals surface area contributed by atoms with Crippen LogP contribution in [-0.4, -0.2) is 48.5 Å². The summed E-state index contributed by atoms with van der Waals surface area (Å²) in [5.41, 5.74) is 1.48. The molecule has 0 aliphatic carbocycles. The lowest BCUT2D eigenvalue weighted by molar-refractivity contribution is 0.127. The molecule has 118 valence electrons. The predicted molar refractivity (Wildman–Crippen MR) is 87.1 cm³/mol. The van der Waals surface area contributed by atoms with Crippen LogP contribution in [0.3, 0.4) is 0 Å². The van der Waals surface area contributed by atoms with Crippen LogP contribution in [0.15, 0.2) is 11.4 Å². The zero-order valence-corrected chi connectivity index (χ0v) is 14.4. The molecule has 0 unspecified atom stereocenters. The van der Waals surface area contributed by atoms with Crippen molar-refractivity contribution in [1.29, 1.82) is 0 Å². The van der Waals surface area contributed by atoms with Gasteiger partial charge >= 0.3 is 0 Å². The Bertz CT molecular complexity index is 587. The zero-order valence-electron chi connectivity index (χ0n) is 12.8. The van der Waals surface area contributed by atoms with Gasteiger partial charge in [0, 0.05) is 37.1 Å². The van der Waals surface area contributed by atoms with E-state index in [0.29, 0.717) is 19.1 Å². The van der Waals surface area contributed by atoms with E-state index in [2.05, 4.69) is 16.3 Å². The molecule has 3 heterocycles. The normalized spacial score (nSPS) is 22.6. The summed E-state index contributed by atoms with van der Waals surface area (Å²) in [7, 11) is -3.08. The van der Waals surface area contributed by atoms with E-state index in [4.69, 9.17) is 0 Å². The summed E-state index contributed by atoms with van der Waals surface area (Å²) in [5, 5.41) is 1.88. The molecule has 1 saturated heterocycles. The second-order valence-corrected chi connectivity index (χ2v) is 9.80. The predicted octanol–water partition coefficient (Wildman–Crippen LogP) is 2.31. The molecule has 3 rings (SSSR count). The number of rotatable bonds is 3. The maximum absolute atomic E-state index is 12.2. The highest BCUT2D eigenvalue weighted by molar-refractivity contribution is 7.89. The lowest BCUT2D eigenvalue weighted by Gasteiger charge is -2.40. The first-order valence-corrected chi connectivity index (χ1v) is 10.1. The molecule has 0 aromatic carbocycles. The van der Waals surface area contributed by atoms with Crippen molar-refractivity contribution in [3.05, 3.63) is 21.9 Å². The lowest BCUT2D eigenvalue weighted by atomic mass is 10.0. The van der Waals surface area contributed by atoms with Crippen molar-refractivity contribution in [1.82, 2.24) is 9.21 Å². The molecule has 0 spiro atoms. The lowest BCUT2D eigenvalue weighted by Crippen LogP contribution is -2.49. The Balaban J connectivity index is 1.60. The molecule has 0 N–H and O–H groups in total. The summed E-state index contributed by atoms with van der Waals surface area (Å²) in [6.07, 6.45) is 3.08. The molecule has 0 radical (unpaired) electrons. The van der Waals surface area contributed by atoms with Gasteiger partial charge in [-0.25, -0.2) is 12.7 Å². The summed E-state index contributed by atoms with van der Waals surface area (Å²) in [5.74, 6) is 0. The molecule has 1 fully saturated rings. The first kappa shape index (κ1) is 15.5. The van der Waals surface area contributed by atoms with Gasteiger partial charge in [0.15, 0.2) is 0 Å². The van der Waals surface area contributed by atoms with E-state index in [9.17, 15) is 8.42 Å². The minimum atomic E-state index is -3.08. The fourth-order valence-electron chi connectivity index (χ4n) is 3.34. The van der Waals surface area contributed by atoms with Crippen molar-refractivity contribution >= 4 is 21.4 Å². The van der Waals surface area contributed by atoms with Crippen LogP contribution < -0.4 is 0 Å². The fraction of sp³-hybridized carbons (Fsp3) is 0.733. The smallest absolute Gasteiger partial charge is 0.216 e. The van der Waals surface area contributed by atoms with Gasteiger partial charge in [0.05, 0.1) is 5.25 Å². The molecule has 0 saturated carbocycles. The largest absolute Gasteiger partial charge is 0.296 e. The second kappa shape index (κ2) is 5.99. The quantitative estimate of drug-likeness (QED) is 0.855. The van der Waals surface area contributed by atoms with Gasteiger partial charge in [-0.3, -0.25) is 4.90 Å². The maximum atomic E-state index is 12.2. The Morgan fingerprint density at radius 1 is 1.24 bits per heavy atom. The van der Waals surface area contributed by atoms with Crippen molar-refractivity contribution in [3.8, 4) is 0 Å². The first-order chi connectivity index (χ1) is 9.98. The van der Waals surface area contributed by atoms with Crippen LogP contribution in [0.5, 0.6) is 0 Å². The van der Waals surface area contributed by atoms with Crippen LogP contribution in [-0.2, 0) is 23.0 Å². The van der Waals surface area contributed by atoms with E-state index < -0.39 is 10.0 Å². The second-order valence-electron chi connectivity index (χ2n) is 6.31.